The van der Waals surface area contributed by atoms with Crippen LogP contribution in [-0.2, 0) is 9.73 Å². The van der Waals surface area contributed by atoms with Gasteiger partial charge in [-0.05, 0) is 36.4 Å². The Morgan fingerprint density at radius 1 is 1.19 bits per heavy atom. The van der Waals surface area contributed by atoms with Crippen molar-refractivity contribution in [3.05, 3.63) is 59.2 Å². The molecule has 0 amide bonds. The lowest BCUT2D eigenvalue weighted by Gasteiger charge is -2.12. The molecule has 21 heavy (non-hydrogen) atoms. The van der Waals surface area contributed by atoms with E-state index in [9.17, 15) is 4.21 Å². The van der Waals surface area contributed by atoms with Crippen LogP contribution < -0.4 is 0 Å². The molecule has 1 aromatic heterocycles. The van der Waals surface area contributed by atoms with Crippen molar-refractivity contribution < 1.29 is 8.73 Å². The van der Waals surface area contributed by atoms with Gasteiger partial charge in [0.2, 0.25) is 0 Å². The molecule has 7 heteroatoms. The van der Waals surface area contributed by atoms with Crippen molar-refractivity contribution in [3.63, 3.8) is 0 Å². The maximum absolute atomic E-state index is 12.8. The number of hydrogen-bond acceptors (Lipinski definition) is 4. The second kappa shape index (κ2) is 5.44. The Balaban J connectivity index is 2.08. The quantitative estimate of drug-likeness (QED) is 0.646. The van der Waals surface area contributed by atoms with Gasteiger partial charge in [0.25, 0.3) is 0 Å². The predicted octanol–water partition coefficient (Wildman–Crippen LogP) is 4.98. The van der Waals surface area contributed by atoms with Gasteiger partial charge >= 0.3 is 0 Å². The van der Waals surface area contributed by atoms with Crippen molar-refractivity contribution in [3.8, 4) is 0 Å². The van der Waals surface area contributed by atoms with E-state index in [-0.39, 0.29) is 0 Å². The highest BCUT2D eigenvalue weighted by Gasteiger charge is 2.27. The van der Waals surface area contributed by atoms with Crippen molar-refractivity contribution in [2.24, 2.45) is 0 Å². The topological polar surface area (TPSA) is 67.0 Å². The summed E-state index contributed by atoms with van der Waals surface area (Å²) < 4.78 is 25.5. The van der Waals surface area contributed by atoms with E-state index in [0.717, 1.165) is 5.39 Å². The highest BCUT2D eigenvalue weighted by atomic mass is 79.9. The van der Waals surface area contributed by atoms with Crippen molar-refractivity contribution in [2.75, 3.05) is 0 Å². The van der Waals surface area contributed by atoms with Crippen LogP contribution in [0.3, 0.4) is 0 Å². The van der Waals surface area contributed by atoms with Gasteiger partial charge in [-0.1, -0.05) is 44.8 Å². The fraction of sp³-hybridized carbons (Fsp3) is 0.0714. The van der Waals surface area contributed by atoms with Gasteiger partial charge in [-0.25, -0.2) is 8.99 Å². The Morgan fingerprint density at radius 3 is 2.57 bits per heavy atom. The summed E-state index contributed by atoms with van der Waals surface area (Å²) in [6.07, 6.45) is 0. The first-order valence-electron chi connectivity index (χ1n) is 6.02. The monoisotopic (exact) mass is 384 g/mol. The Morgan fingerprint density at radius 2 is 1.86 bits per heavy atom. The largest absolute Gasteiger partial charge is 0.356 e. The third kappa shape index (κ3) is 2.59. The summed E-state index contributed by atoms with van der Waals surface area (Å²) >= 11 is 9.17. The third-order valence-corrected chi connectivity index (χ3v) is 7.12. The van der Waals surface area contributed by atoms with E-state index in [2.05, 4.69) is 21.1 Å². The molecular weight excluding hydrogens is 376 g/mol. The molecule has 4 nitrogen and oxygen atoms in total. The molecule has 0 radical (unpaired) electrons. The van der Waals surface area contributed by atoms with Crippen LogP contribution in [0.5, 0.6) is 0 Å². The van der Waals surface area contributed by atoms with Crippen LogP contribution in [0, 0.1) is 4.78 Å². The van der Waals surface area contributed by atoms with Crippen LogP contribution in [0.2, 0.25) is 5.02 Å². The molecule has 1 N–H and O–H groups in total. The zero-order valence-corrected chi connectivity index (χ0v) is 13.8. The van der Waals surface area contributed by atoms with E-state index in [1.165, 1.54) is 0 Å². The van der Waals surface area contributed by atoms with Crippen LogP contribution >= 0.6 is 27.5 Å². The maximum atomic E-state index is 12.8. The summed E-state index contributed by atoms with van der Waals surface area (Å²) in [5.41, 5.74) is 1.06. The summed E-state index contributed by atoms with van der Waals surface area (Å²) in [6, 6.07) is 13.7. The summed E-state index contributed by atoms with van der Waals surface area (Å²) in [4.78, 5) is 0.390. The van der Waals surface area contributed by atoms with E-state index in [1.807, 2.05) is 18.2 Å². The van der Waals surface area contributed by atoms with E-state index in [0.29, 0.717) is 21.2 Å². The van der Waals surface area contributed by atoms with Crippen LogP contribution in [0.1, 0.15) is 9.85 Å². The molecule has 3 aromatic rings. The maximum Gasteiger partial charge on any atom is 0.167 e. The molecule has 2 unspecified atom stereocenters. The number of fused-ring (bicyclic) bond motifs is 1. The molecular formula is C14H10BrClN2O2S. The Kier molecular flexibility index (Phi) is 3.77. The van der Waals surface area contributed by atoms with E-state index in [4.69, 9.17) is 20.9 Å². The van der Waals surface area contributed by atoms with Gasteiger partial charge in [0, 0.05) is 15.3 Å². The number of rotatable bonds is 3. The minimum absolute atomic E-state index is 0.390. The number of aromatic nitrogens is 1. The molecule has 0 aliphatic heterocycles. The van der Waals surface area contributed by atoms with Gasteiger partial charge in [-0.15, -0.1) is 0 Å². The molecule has 2 atom stereocenters. The lowest BCUT2D eigenvalue weighted by atomic mass is 10.2. The zero-order valence-electron chi connectivity index (χ0n) is 10.6. The fourth-order valence-corrected chi connectivity index (χ4v) is 4.35. The highest BCUT2D eigenvalue weighted by molar-refractivity contribution is 9.10. The number of alkyl halides is 1. The zero-order chi connectivity index (χ0) is 15.0. The van der Waals surface area contributed by atoms with Crippen molar-refractivity contribution in [2.45, 2.75) is 9.05 Å². The van der Waals surface area contributed by atoms with Gasteiger partial charge in [0.1, 0.15) is 9.85 Å². The summed E-state index contributed by atoms with van der Waals surface area (Å²) in [7, 11) is -3.13. The van der Waals surface area contributed by atoms with Gasteiger partial charge < -0.3 is 4.52 Å². The SMILES string of the molecule is N=S(=O)(c1ccc(Cl)cc1)C(Br)c1noc2ccccc12. The predicted molar refractivity (Wildman–Crippen MR) is 86.3 cm³/mol. The highest BCUT2D eigenvalue weighted by Crippen LogP contribution is 2.37. The standard InChI is InChI=1S/C14H10BrClN2O2S/c15-14(13-11-3-1-2-4-12(11)20-18-13)21(17,19)10-7-5-9(16)6-8-10/h1-8,14,17H. The molecule has 0 saturated heterocycles. The number of halogens is 2. The summed E-state index contributed by atoms with van der Waals surface area (Å²) in [5.74, 6) is 0. The number of nitrogens with one attached hydrogen (secondary N) is 1. The summed E-state index contributed by atoms with van der Waals surface area (Å²) in [6.45, 7) is 0. The smallest absolute Gasteiger partial charge is 0.167 e. The van der Waals surface area contributed by atoms with Crippen LogP contribution in [0.25, 0.3) is 11.0 Å². The molecule has 108 valence electrons. The molecule has 0 bridgehead atoms. The van der Waals surface area contributed by atoms with Gasteiger partial charge in [0.15, 0.2) is 5.58 Å². The van der Waals surface area contributed by atoms with Crippen molar-refractivity contribution in [1.82, 2.24) is 5.16 Å². The lowest BCUT2D eigenvalue weighted by Crippen LogP contribution is -2.07. The van der Waals surface area contributed by atoms with E-state index >= 15 is 0 Å². The first-order chi connectivity index (χ1) is 10.00. The number of hydrogen-bond donors (Lipinski definition) is 1. The Hall–Kier alpha value is -1.37. The van der Waals surface area contributed by atoms with Crippen molar-refractivity contribution >= 4 is 48.2 Å². The van der Waals surface area contributed by atoms with Crippen LogP contribution in [-0.4, -0.2) is 9.37 Å². The molecule has 2 aromatic carbocycles. The fourth-order valence-electron chi connectivity index (χ4n) is 1.98. The molecule has 0 aliphatic carbocycles. The Labute approximate surface area is 135 Å². The van der Waals surface area contributed by atoms with Crippen LogP contribution in [0.4, 0.5) is 0 Å². The van der Waals surface area contributed by atoms with Crippen LogP contribution in [0.15, 0.2) is 57.9 Å². The second-order valence-electron chi connectivity index (χ2n) is 4.43. The normalized spacial score (nSPS) is 15.7. The lowest BCUT2D eigenvalue weighted by molar-refractivity contribution is 0.449. The average molecular weight is 386 g/mol. The molecule has 0 spiro atoms. The summed E-state index contributed by atoms with van der Waals surface area (Å²) in [5, 5.41) is 5.24. The molecule has 0 fully saturated rings. The third-order valence-electron chi connectivity index (χ3n) is 3.08. The average Bonchev–Trinajstić information content (AvgIpc) is 2.90. The molecule has 0 saturated carbocycles. The molecule has 1 heterocycles. The van der Waals surface area contributed by atoms with Crippen molar-refractivity contribution in [1.29, 1.82) is 4.78 Å². The number of nitrogens with zero attached hydrogens (tertiary/aromatic N) is 1. The molecule has 3 rings (SSSR count). The van der Waals surface area contributed by atoms with E-state index in [1.54, 1.807) is 30.3 Å². The number of benzene rings is 2. The Bertz CT molecular complexity index is 891. The van der Waals surface area contributed by atoms with E-state index < -0.39 is 13.9 Å². The minimum atomic E-state index is -3.13. The first kappa shape index (κ1) is 14.6. The molecule has 0 aliphatic rings. The van der Waals surface area contributed by atoms with Gasteiger partial charge in [-0.3, -0.25) is 0 Å². The number of para-hydroxylation sites is 1. The second-order valence-corrected chi connectivity index (χ2v) is 8.54. The first-order valence-corrected chi connectivity index (χ1v) is 8.93. The minimum Gasteiger partial charge on any atom is -0.356 e. The van der Waals surface area contributed by atoms with Gasteiger partial charge in [0.05, 0.1) is 9.73 Å². The van der Waals surface area contributed by atoms with Gasteiger partial charge in [-0.2, -0.15) is 0 Å².